The summed E-state index contributed by atoms with van der Waals surface area (Å²) < 4.78 is 10.3. The second kappa shape index (κ2) is 4.97. The van der Waals surface area contributed by atoms with E-state index in [9.17, 15) is 5.11 Å². The first-order valence-corrected chi connectivity index (χ1v) is 4.32. The molecule has 3 nitrogen and oxygen atoms in total. The quantitative estimate of drug-likeness (QED) is 0.763. The van der Waals surface area contributed by atoms with Crippen LogP contribution in [0.3, 0.4) is 0 Å². The maximum absolute atomic E-state index is 9.55. The lowest BCUT2D eigenvalue weighted by atomic mass is 10.2. The van der Waals surface area contributed by atoms with E-state index in [0.717, 1.165) is 0 Å². The third-order valence-electron chi connectivity index (χ3n) is 1.84. The van der Waals surface area contributed by atoms with E-state index in [1.807, 2.05) is 0 Å². The van der Waals surface area contributed by atoms with Crippen molar-refractivity contribution in [1.82, 2.24) is 0 Å². The Kier molecular flexibility index (Phi) is 3.64. The van der Waals surface area contributed by atoms with Crippen LogP contribution in [0.25, 0.3) is 6.08 Å². The largest absolute Gasteiger partial charge is 0.507 e. The van der Waals surface area contributed by atoms with Crippen molar-refractivity contribution >= 4 is 6.08 Å². The van der Waals surface area contributed by atoms with Crippen LogP contribution in [-0.4, -0.2) is 18.8 Å². The van der Waals surface area contributed by atoms with Crippen molar-refractivity contribution in [1.29, 1.82) is 0 Å². The van der Waals surface area contributed by atoms with Crippen LogP contribution in [0.15, 0.2) is 18.7 Å². The summed E-state index contributed by atoms with van der Waals surface area (Å²) in [5.41, 5.74) is 0.583. The molecule has 15 heavy (non-hydrogen) atoms. The average Bonchev–Trinajstić information content (AvgIpc) is 2.26. The van der Waals surface area contributed by atoms with Gasteiger partial charge >= 0.3 is 0 Å². The van der Waals surface area contributed by atoms with Crippen molar-refractivity contribution in [3.63, 3.8) is 0 Å². The summed E-state index contributed by atoms with van der Waals surface area (Å²) >= 11 is 0. The smallest absolute Gasteiger partial charge is 0.166 e. The van der Waals surface area contributed by atoms with E-state index in [4.69, 9.17) is 15.9 Å². The molecule has 0 heterocycles. The summed E-state index contributed by atoms with van der Waals surface area (Å²) in [6.07, 6.45) is 6.60. The van der Waals surface area contributed by atoms with Crippen molar-refractivity contribution in [3.8, 4) is 29.6 Å². The molecule has 0 saturated heterocycles. The van der Waals surface area contributed by atoms with Crippen LogP contribution in [0.5, 0.6) is 17.2 Å². The Bertz CT molecular complexity index is 402. The Morgan fingerprint density at radius 2 is 2.27 bits per heavy atom. The molecule has 0 bridgehead atoms. The van der Waals surface area contributed by atoms with Crippen molar-refractivity contribution in [2.75, 3.05) is 13.7 Å². The Morgan fingerprint density at radius 3 is 2.80 bits per heavy atom. The third kappa shape index (κ3) is 2.44. The van der Waals surface area contributed by atoms with Gasteiger partial charge in [0.05, 0.1) is 7.11 Å². The van der Waals surface area contributed by atoms with Crippen LogP contribution in [-0.2, 0) is 0 Å². The van der Waals surface area contributed by atoms with Crippen LogP contribution in [0.2, 0.25) is 0 Å². The minimum atomic E-state index is 0.0813. The highest BCUT2D eigenvalue weighted by Gasteiger charge is 2.08. The van der Waals surface area contributed by atoms with E-state index >= 15 is 0 Å². The van der Waals surface area contributed by atoms with Crippen LogP contribution < -0.4 is 9.47 Å². The van der Waals surface area contributed by atoms with E-state index in [1.165, 1.54) is 19.3 Å². The lowest BCUT2D eigenvalue weighted by Gasteiger charge is -2.10. The maximum atomic E-state index is 9.55. The lowest BCUT2D eigenvalue weighted by Crippen LogP contribution is -1.97. The van der Waals surface area contributed by atoms with Gasteiger partial charge in [0.15, 0.2) is 11.5 Å². The normalized spacial score (nSPS) is 9.07. The molecule has 0 saturated carbocycles. The number of terminal acetylenes is 1. The Labute approximate surface area is 89.0 Å². The molecule has 0 atom stereocenters. The van der Waals surface area contributed by atoms with Gasteiger partial charge in [0, 0.05) is 11.6 Å². The number of aromatic hydroxyl groups is 1. The molecule has 0 aliphatic heterocycles. The molecule has 1 rings (SSSR count). The molecule has 1 N–H and O–H groups in total. The average molecular weight is 204 g/mol. The summed E-state index contributed by atoms with van der Waals surface area (Å²) in [5, 5.41) is 9.55. The second-order valence-electron chi connectivity index (χ2n) is 2.76. The molecule has 0 aliphatic rings. The van der Waals surface area contributed by atoms with Gasteiger partial charge in [-0.1, -0.05) is 18.6 Å². The molecule has 0 radical (unpaired) electrons. The second-order valence-corrected chi connectivity index (χ2v) is 2.76. The molecule has 0 spiro atoms. The number of benzene rings is 1. The molecule has 78 valence electrons. The van der Waals surface area contributed by atoms with Crippen molar-refractivity contribution in [2.45, 2.75) is 0 Å². The van der Waals surface area contributed by atoms with E-state index in [0.29, 0.717) is 17.1 Å². The molecule has 0 aromatic heterocycles. The summed E-state index contributed by atoms with van der Waals surface area (Å²) in [6, 6.07) is 3.08. The van der Waals surface area contributed by atoms with Crippen LogP contribution in [0.1, 0.15) is 5.56 Å². The predicted molar refractivity (Wildman–Crippen MR) is 59.1 cm³/mol. The third-order valence-corrected chi connectivity index (χ3v) is 1.84. The van der Waals surface area contributed by atoms with Crippen molar-refractivity contribution < 1.29 is 14.6 Å². The monoisotopic (exact) mass is 204 g/mol. The summed E-state index contributed by atoms with van der Waals surface area (Å²) in [6.45, 7) is 3.70. The number of hydrogen-bond donors (Lipinski definition) is 1. The summed E-state index contributed by atoms with van der Waals surface area (Å²) in [4.78, 5) is 0. The van der Waals surface area contributed by atoms with Gasteiger partial charge in [0.1, 0.15) is 12.4 Å². The topological polar surface area (TPSA) is 38.7 Å². The lowest BCUT2D eigenvalue weighted by molar-refractivity contribution is 0.328. The molecule has 3 heteroatoms. The molecule has 1 aromatic rings. The minimum Gasteiger partial charge on any atom is -0.507 e. The van der Waals surface area contributed by atoms with Crippen molar-refractivity contribution in [2.24, 2.45) is 0 Å². The first-order chi connectivity index (χ1) is 7.22. The van der Waals surface area contributed by atoms with Gasteiger partial charge in [-0.2, -0.15) is 0 Å². The van der Waals surface area contributed by atoms with Gasteiger partial charge in [0.2, 0.25) is 0 Å². The van der Waals surface area contributed by atoms with Gasteiger partial charge in [-0.3, -0.25) is 0 Å². The van der Waals surface area contributed by atoms with Gasteiger partial charge in [0.25, 0.3) is 0 Å². The summed E-state index contributed by atoms with van der Waals surface area (Å²) in [7, 11) is 1.52. The number of phenolic OH excluding ortho intramolecular Hbond substituents is 1. The van der Waals surface area contributed by atoms with E-state index in [1.54, 1.807) is 6.07 Å². The number of methoxy groups -OCH3 is 1. The number of hydrogen-bond acceptors (Lipinski definition) is 3. The van der Waals surface area contributed by atoms with Gasteiger partial charge in [-0.05, 0) is 6.07 Å². The minimum absolute atomic E-state index is 0.0813. The predicted octanol–water partition coefficient (Wildman–Crippen LogP) is 2.06. The first kappa shape index (κ1) is 11.0. The standard InChI is InChI=1S/C12H12O3/c1-4-6-15-12-8-10(13)9(5-2)7-11(12)14-3/h1,5,7-8,13H,2,6H2,3H3. The molecule has 0 fully saturated rings. The fourth-order valence-corrected chi connectivity index (χ4v) is 1.12. The number of phenols is 1. The van der Waals surface area contributed by atoms with Crippen molar-refractivity contribution in [3.05, 3.63) is 24.3 Å². The van der Waals surface area contributed by atoms with Crippen LogP contribution in [0.4, 0.5) is 0 Å². The molecule has 0 aliphatic carbocycles. The fraction of sp³-hybridized carbons (Fsp3) is 0.167. The van der Waals surface area contributed by atoms with E-state index in [2.05, 4.69) is 12.5 Å². The fourth-order valence-electron chi connectivity index (χ4n) is 1.12. The molecule has 0 unspecified atom stereocenters. The highest BCUT2D eigenvalue weighted by Crippen LogP contribution is 2.34. The van der Waals surface area contributed by atoms with Gasteiger partial charge < -0.3 is 14.6 Å². The Hall–Kier alpha value is -2.08. The highest BCUT2D eigenvalue weighted by molar-refractivity contribution is 5.61. The van der Waals surface area contributed by atoms with Crippen LogP contribution >= 0.6 is 0 Å². The zero-order valence-corrected chi connectivity index (χ0v) is 8.49. The Balaban J connectivity index is 3.10. The van der Waals surface area contributed by atoms with Crippen LogP contribution in [0, 0.1) is 12.3 Å². The SMILES string of the molecule is C#CCOc1cc(O)c(C=C)cc1OC. The van der Waals surface area contributed by atoms with E-state index in [-0.39, 0.29) is 12.4 Å². The first-order valence-electron chi connectivity index (χ1n) is 4.32. The zero-order valence-electron chi connectivity index (χ0n) is 8.49. The number of rotatable bonds is 4. The highest BCUT2D eigenvalue weighted by atomic mass is 16.5. The molecular formula is C12H12O3. The van der Waals surface area contributed by atoms with E-state index < -0.39 is 0 Å². The Morgan fingerprint density at radius 1 is 1.53 bits per heavy atom. The number of ether oxygens (including phenoxy) is 2. The summed E-state index contributed by atoms with van der Waals surface area (Å²) in [5.74, 6) is 3.34. The maximum Gasteiger partial charge on any atom is 0.166 e. The van der Waals surface area contributed by atoms with Gasteiger partial charge in [-0.25, -0.2) is 0 Å². The molecule has 0 amide bonds. The zero-order chi connectivity index (χ0) is 11.3. The van der Waals surface area contributed by atoms with Gasteiger partial charge in [-0.15, -0.1) is 6.42 Å². The molecular weight excluding hydrogens is 192 g/mol. The molecule has 1 aromatic carbocycles.